The van der Waals surface area contributed by atoms with Gasteiger partial charge in [-0.1, -0.05) is 0 Å². The largest absolute Gasteiger partial charge is 0.391 e. The van der Waals surface area contributed by atoms with Gasteiger partial charge in [-0.25, -0.2) is 8.42 Å². The molecule has 1 aromatic rings. The number of thioether (sulfide) groups is 1. The highest BCUT2D eigenvalue weighted by Crippen LogP contribution is 2.31. The molecule has 18 heavy (non-hydrogen) atoms. The van der Waals surface area contributed by atoms with Gasteiger partial charge in [0, 0.05) is 23.7 Å². The molecule has 1 aliphatic rings. The van der Waals surface area contributed by atoms with E-state index >= 15 is 0 Å². The number of aryl methyl sites for hydroxylation is 1. The third-order valence-corrected chi connectivity index (χ3v) is 7.92. The number of aliphatic hydroxyl groups is 1. The van der Waals surface area contributed by atoms with Crippen LogP contribution in [0.3, 0.4) is 0 Å². The molecule has 1 fully saturated rings. The van der Waals surface area contributed by atoms with Crippen LogP contribution in [0.25, 0.3) is 0 Å². The van der Waals surface area contributed by atoms with Gasteiger partial charge in [0.15, 0.2) is 0 Å². The molecule has 0 radical (unpaired) electrons. The minimum atomic E-state index is -3.41. The maximum atomic E-state index is 12.4. The zero-order valence-electron chi connectivity index (χ0n) is 10.4. The zero-order chi connectivity index (χ0) is 13.3. The topological polar surface area (TPSA) is 57.6 Å². The van der Waals surface area contributed by atoms with Gasteiger partial charge in [0.05, 0.1) is 6.61 Å². The van der Waals surface area contributed by atoms with Crippen molar-refractivity contribution in [3.05, 3.63) is 16.5 Å². The predicted molar refractivity (Wildman–Crippen MR) is 75.7 cm³/mol. The van der Waals surface area contributed by atoms with E-state index in [4.69, 9.17) is 5.11 Å². The van der Waals surface area contributed by atoms with Crippen molar-refractivity contribution in [2.24, 2.45) is 0 Å². The fourth-order valence-electron chi connectivity index (χ4n) is 1.92. The highest BCUT2D eigenvalue weighted by Gasteiger charge is 2.31. The Hall–Kier alpha value is -0.0800. The quantitative estimate of drug-likeness (QED) is 0.919. The van der Waals surface area contributed by atoms with E-state index in [0.717, 1.165) is 28.4 Å². The molecular formula is C11H17NO3S3. The Morgan fingerprint density at radius 3 is 2.78 bits per heavy atom. The first-order chi connectivity index (χ1) is 8.46. The Bertz CT molecular complexity index is 518. The zero-order valence-corrected chi connectivity index (χ0v) is 12.9. The number of hydrogen-bond acceptors (Lipinski definition) is 5. The molecular weight excluding hydrogens is 290 g/mol. The van der Waals surface area contributed by atoms with Crippen LogP contribution in [0.5, 0.6) is 0 Å². The van der Waals surface area contributed by atoms with Gasteiger partial charge in [0.2, 0.25) is 0 Å². The van der Waals surface area contributed by atoms with Crippen molar-refractivity contribution in [3.63, 3.8) is 0 Å². The number of aliphatic hydroxyl groups excluding tert-OH is 1. The Labute approximate surface area is 116 Å². The molecule has 1 atom stereocenters. The normalized spacial score (nSPS) is 20.8. The maximum Gasteiger partial charge on any atom is 0.252 e. The molecule has 7 heteroatoms. The molecule has 2 rings (SSSR count). The number of hydrogen-bond donors (Lipinski definition) is 1. The molecule has 4 nitrogen and oxygen atoms in total. The lowest BCUT2D eigenvalue weighted by Crippen LogP contribution is -2.36. The van der Waals surface area contributed by atoms with E-state index in [0.29, 0.717) is 4.21 Å². The van der Waals surface area contributed by atoms with Gasteiger partial charge in [-0.15, -0.1) is 11.3 Å². The van der Waals surface area contributed by atoms with Gasteiger partial charge in [-0.3, -0.25) is 0 Å². The molecule has 102 valence electrons. The molecule has 1 aromatic heterocycles. The van der Waals surface area contributed by atoms with E-state index in [1.54, 1.807) is 24.9 Å². The van der Waals surface area contributed by atoms with Crippen LogP contribution in [0.2, 0.25) is 0 Å². The standard InChI is InChI=1S/C11H17NO3S3/c1-8-5-11(17-10(8)6-13)18(14,15)12(2)9-3-4-16-7-9/h5,9,13H,3-4,6-7H2,1-2H3. The number of thiophene rings is 1. The van der Waals surface area contributed by atoms with Crippen molar-refractivity contribution in [1.82, 2.24) is 4.31 Å². The summed E-state index contributed by atoms with van der Waals surface area (Å²) in [6, 6.07) is 1.75. The van der Waals surface area contributed by atoms with E-state index in [1.165, 1.54) is 15.6 Å². The van der Waals surface area contributed by atoms with Crippen molar-refractivity contribution < 1.29 is 13.5 Å². The lowest BCUT2D eigenvalue weighted by molar-refractivity contribution is 0.285. The van der Waals surface area contributed by atoms with Gasteiger partial charge in [-0.2, -0.15) is 16.1 Å². The first-order valence-corrected chi connectivity index (χ1v) is 9.14. The van der Waals surface area contributed by atoms with Crippen LogP contribution >= 0.6 is 23.1 Å². The third kappa shape index (κ3) is 2.60. The van der Waals surface area contributed by atoms with Crippen LogP contribution in [-0.4, -0.2) is 42.4 Å². The van der Waals surface area contributed by atoms with Gasteiger partial charge in [0.25, 0.3) is 10.0 Å². The maximum absolute atomic E-state index is 12.4. The third-order valence-electron chi connectivity index (χ3n) is 3.19. The van der Waals surface area contributed by atoms with E-state index < -0.39 is 10.0 Å². The molecule has 0 spiro atoms. The molecule has 0 amide bonds. The second-order valence-corrected chi connectivity index (χ2v) is 8.88. The average molecular weight is 307 g/mol. The minimum Gasteiger partial charge on any atom is -0.391 e. The second kappa shape index (κ2) is 5.50. The van der Waals surface area contributed by atoms with Crippen molar-refractivity contribution in [2.45, 2.75) is 30.2 Å². The average Bonchev–Trinajstić information content (AvgIpc) is 2.96. The number of nitrogens with zero attached hydrogens (tertiary/aromatic N) is 1. The second-order valence-electron chi connectivity index (χ2n) is 4.37. The summed E-state index contributed by atoms with van der Waals surface area (Å²) in [4.78, 5) is 0.725. The van der Waals surface area contributed by atoms with E-state index in [9.17, 15) is 8.42 Å². The van der Waals surface area contributed by atoms with Gasteiger partial charge >= 0.3 is 0 Å². The molecule has 2 heterocycles. The highest BCUT2D eigenvalue weighted by molar-refractivity contribution is 7.99. The van der Waals surface area contributed by atoms with Crippen LogP contribution in [0, 0.1) is 6.92 Å². The molecule has 0 bridgehead atoms. The molecule has 0 aromatic carbocycles. The van der Waals surface area contributed by atoms with Crippen LogP contribution in [0.15, 0.2) is 10.3 Å². The summed E-state index contributed by atoms with van der Waals surface area (Å²) in [6.07, 6.45) is 0.914. The molecule has 1 saturated heterocycles. The number of sulfonamides is 1. The Balaban J connectivity index is 2.28. The summed E-state index contributed by atoms with van der Waals surface area (Å²) in [5.41, 5.74) is 0.843. The monoisotopic (exact) mass is 307 g/mol. The lowest BCUT2D eigenvalue weighted by Gasteiger charge is -2.22. The molecule has 0 saturated carbocycles. The SMILES string of the molecule is Cc1cc(S(=O)(=O)N(C)C2CCSC2)sc1CO. The molecule has 0 aliphatic carbocycles. The van der Waals surface area contributed by atoms with E-state index in [2.05, 4.69) is 0 Å². The van der Waals surface area contributed by atoms with E-state index in [-0.39, 0.29) is 12.6 Å². The minimum absolute atomic E-state index is 0.0972. The highest BCUT2D eigenvalue weighted by atomic mass is 32.2. The summed E-state index contributed by atoms with van der Waals surface area (Å²) in [6.45, 7) is 1.72. The molecule has 1 unspecified atom stereocenters. The molecule has 1 N–H and O–H groups in total. The summed E-state index contributed by atoms with van der Waals surface area (Å²) >= 11 is 2.96. The summed E-state index contributed by atoms with van der Waals surface area (Å²) in [5, 5.41) is 9.15. The van der Waals surface area contributed by atoms with Crippen molar-refractivity contribution >= 4 is 33.1 Å². The van der Waals surface area contributed by atoms with Crippen LogP contribution < -0.4 is 0 Å². The predicted octanol–water partition coefficient (Wildman–Crippen LogP) is 1.67. The fourth-order valence-corrected chi connectivity index (χ4v) is 6.30. The van der Waals surface area contributed by atoms with Crippen LogP contribution in [-0.2, 0) is 16.6 Å². The first kappa shape index (κ1) is 14.3. The lowest BCUT2D eigenvalue weighted by atomic mass is 10.3. The van der Waals surface area contributed by atoms with Crippen LogP contribution in [0.4, 0.5) is 0 Å². The van der Waals surface area contributed by atoms with Gasteiger partial charge in [-0.05, 0) is 30.7 Å². The smallest absolute Gasteiger partial charge is 0.252 e. The first-order valence-electron chi connectivity index (χ1n) is 5.72. The Morgan fingerprint density at radius 1 is 1.56 bits per heavy atom. The summed E-state index contributed by atoms with van der Waals surface area (Å²) in [5.74, 6) is 1.89. The van der Waals surface area contributed by atoms with Crippen LogP contribution in [0.1, 0.15) is 16.9 Å². The van der Waals surface area contributed by atoms with Gasteiger partial charge in [0.1, 0.15) is 4.21 Å². The van der Waals surface area contributed by atoms with Crippen molar-refractivity contribution in [3.8, 4) is 0 Å². The summed E-state index contributed by atoms with van der Waals surface area (Å²) < 4.78 is 26.7. The van der Waals surface area contributed by atoms with Crippen molar-refractivity contribution in [2.75, 3.05) is 18.6 Å². The Morgan fingerprint density at radius 2 is 2.28 bits per heavy atom. The summed E-state index contributed by atoms with van der Waals surface area (Å²) in [7, 11) is -1.75. The number of rotatable bonds is 4. The fraction of sp³-hybridized carbons (Fsp3) is 0.636. The van der Waals surface area contributed by atoms with Crippen molar-refractivity contribution in [1.29, 1.82) is 0 Å². The van der Waals surface area contributed by atoms with E-state index in [1.807, 2.05) is 6.92 Å². The Kier molecular flexibility index (Phi) is 4.38. The molecule has 1 aliphatic heterocycles. The van der Waals surface area contributed by atoms with Gasteiger partial charge < -0.3 is 5.11 Å².